The normalized spacial score (nSPS) is 22.8. The lowest BCUT2D eigenvalue weighted by Gasteiger charge is -1.96. The summed E-state index contributed by atoms with van der Waals surface area (Å²) >= 11 is 0. The molecule has 1 aliphatic rings. The summed E-state index contributed by atoms with van der Waals surface area (Å²) in [7, 11) is 0. The van der Waals surface area contributed by atoms with E-state index in [4.69, 9.17) is 0 Å². The average Bonchev–Trinajstić information content (AvgIpc) is 3.18. The third-order valence-corrected chi connectivity index (χ3v) is 3.20. The van der Waals surface area contributed by atoms with Crippen LogP contribution in [0.3, 0.4) is 0 Å². The molecule has 0 saturated heterocycles. The summed E-state index contributed by atoms with van der Waals surface area (Å²) in [5.74, 6) is 0.635. The maximum Gasteiger partial charge on any atom is 0.0575 e. The maximum atomic E-state index is 4.64. The molecule has 0 bridgehead atoms. The molecule has 1 heteroatoms. The lowest BCUT2D eigenvalue weighted by molar-refractivity contribution is 0.995. The van der Waals surface area contributed by atoms with E-state index in [-0.39, 0.29) is 0 Å². The molecule has 1 fully saturated rings. The zero-order valence-electron chi connectivity index (χ0n) is 9.66. The lowest BCUT2D eigenvalue weighted by Crippen LogP contribution is -1.86. The summed E-state index contributed by atoms with van der Waals surface area (Å²) in [6, 6.07) is 21.4. The van der Waals surface area contributed by atoms with Gasteiger partial charge >= 0.3 is 0 Å². The van der Waals surface area contributed by atoms with Crippen LogP contribution in [0, 0.1) is 0 Å². The largest absolute Gasteiger partial charge is 0.289 e. The molecule has 1 aliphatic carbocycles. The highest BCUT2D eigenvalue weighted by Crippen LogP contribution is 2.43. The SMILES string of the molecule is C(=N[C@@H]1C[C@H]1c1ccccc1)c1ccccc1. The first-order chi connectivity index (χ1) is 8.43. The summed E-state index contributed by atoms with van der Waals surface area (Å²) in [5, 5.41) is 0. The average molecular weight is 221 g/mol. The minimum Gasteiger partial charge on any atom is -0.289 e. The molecule has 1 saturated carbocycles. The van der Waals surface area contributed by atoms with Crippen LogP contribution in [0.5, 0.6) is 0 Å². The highest BCUT2D eigenvalue weighted by Gasteiger charge is 2.37. The molecule has 84 valence electrons. The Hall–Kier alpha value is -1.89. The Kier molecular flexibility index (Phi) is 2.74. The van der Waals surface area contributed by atoms with Crippen LogP contribution in [0.25, 0.3) is 0 Å². The third-order valence-electron chi connectivity index (χ3n) is 3.20. The van der Waals surface area contributed by atoms with Crippen molar-refractivity contribution in [1.29, 1.82) is 0 Å². The number of rotatable bonds is 3. The van der Waals surface area contributed by atoms with Gasteiger partial charge in [0.15, 0.2) is 0 Å². The van der Waals surface area contributed by atoms with Crippen LogP contribution in [-0.4, -0.2) is 12.3 Å². The van der Waals surface area contributed by atoms with E-state index in [1.54, 1.807) is 0 Å². The van der Waals surface area contributed by atoms with E-state index in [9.17, 15) is 0 Å². The summed E-state index contributed by atoms with van der Waals surface area (Å²) < 4.78 is 0. The molecule has 0 aliphatic heterocycles. The topological polar surface area (TPSA) is 12.4 Å². The third kappa shape index (κ3) is 2.44. The van der Waals surface area contributed by atoms with E-state index < -0.39 is 0 Å². The van der Waals surface area contributed by atoms with Crippen LogP contribution < -0.4 is 0 Å². The predicted molar refractivity (Wildman–Crippen MR) is 71.6 cm³/mol. The quantitative estimate of drug-likeness (QED) is 0.701. The Balaban J connectivity index is 1.65. The molecule has 0 heterocycles. The first kappa shape index (κ1) is 10.3. The van der Waals surface area contributed by atoms with Crippen molar-refractivity contribution < 1.29 is 0 Å². The zero-order chi connectivity index (χ0) is 11.5. The molecule has 0 unspecified atom stereocenters. The Morgan fingerprint density at radius 2 is 1.53 bits per heavy atom. The van der Waals surface area contributed by atoms with Crippen molar-refractivity contribution in [3.63, 3.8) is 0 Å². The van der Waals surface area contributed by atoms with Crippen LogP contribution in [0.2, 0.25) is 0 Å². The van der Waals surface area contributed by atoms with Gasteiger partial charge in [0, 0.05) is 12.1 Å². The van der Waals surface area contributed by atoms with Gasteiger partial charge in [0.2, 0.25) is 0 Å². The van der Waals surface area contributed by atoms with Crippen LogP contribution in [-0.2, 0) is 0 Å². The van der Waals surface area contributed by atoms with Gasteiger partial charge in [-0.1, -0.05) is 60.7 Å². The molecule has 1 nitrogen and oxygen atoms in total. The van der Waals surface area contributed by atoms with Crippen LogP contribution in [0.15, 0.2) is 65.7 Å². The van der Waals surface area contributed by atoms with Crippen LogP contribution in [0.4, 0.5) is 0 Å². The number of aliphatic imine (C=N–C) groups is 1. The van der Waals surface area contributed by atoms with Gasteiger partial charge in [0.1, 0.15) is 0 Å². The molecule has 0 radical (unpaired) electrons. The molecule has 2 atom stereocenters. The van der Waals surface area contributed by atoms with Gasteiger partial charge in [-0.3, -0.25) is 4.99 Å². The molecule has 0 spiro atoms. The fourth-order valence-electron chi connectivity index (χ4n) is 2.13. The number of hydrogen-bond donors (Lipinski definition) is 0. The minimum atomic E-state index is 0.484. The van der Waals surface area contributed by atoms with Crippen molar-refractivity contribution >= 4 is 6.21 Å². The monoisotopic (exact) mass is 221 g/mol. The van der Waals surface area contributed by atoms with Gasteiger partial charge < -0.3 is 0 Å². The molecule has 0 N–H and O–H groups in total. The highest BCUT2D eigenvalue weighted by atomic mass is 14.8. The molecule has 0 aromatic heterocycles. The van der Waals surface area contributed by atoms with Gasteiger partial charge in [-0.2, -0.15) is 0 Å². The number of nitrogens with zero attached hydrogens (tertiary/aromatic N) is 1. The first-order valence-electron chi connectivity index (χ1n) is 6.06. The van der Waals surface area contributed by atoms with E-state index in [0.717, 1.165) is 0 Å². The molecule has 17 heavy (non-hydrogen) atoms. The lowest BCUT2D eigenvalue weighted by atomic mass is 10.1. The second-order valence-electron chi connectivity index (χ2n) is 4.51. The predicted octanol–water partition coefficient (Wildman–Crippen LogP) is 3.66. The smallest absolute Gasteiger partial charge is 0.0575 e. The van der Waals surface area contributed by atoms with Crippen molar-refractivity contribution in [2.45, 2.75) is 18.4 Å². The maximum absolute atomic E-state index is 4.64. The van der Waals surface area contributed by atoms with E-state index in [0.29, 0.717) is 12.0 Å². The van der Waals surface area contributed by atoms with Gasteiger partial charge in [0.25, 0.3) is 0 Å². The zero-order valence-corrected chi connectivity index (χ0v) is 9.66. The van der Waals surface area contributed by atoms with Gasteiger partial charge in [-0.05, 0) is 17.5 Å². The van der Waals surface area contributed by atoms with Crippen LogP contribution in [0.1, 0.15) is 23.5 Å². The number of hydrogen-bond acceptors (Lipinski definition) is 1. The summed E-state index contributed by atoms with van der Waals surface area (Å²) in [5.41, 5.74) is 2.61. The summed E-state index contributed by atoms with van der Waals surface area (Å²) in [6.07, 6.45) is 3.18. The highest BCUT2D eigenvalue weighted by molar-refractivity contribution is 5.79. The van der Waals surface area contributed by atoms with E-state index in [1.807, 2.05) is 24.4 Å². The van der Waals surface area contributed by atoms with E-state index in [1.165, 1.54) is 17.5 Å². The van der Waals surface area contributed by atoms with Crippen LogP contribution >= 0.6 is 0 Å². The number of benzene rings is 2. The second kappa shape index (κ2) is 4.54. The summed E-state index contributed by atoms with van der Waals surface area (Å²) in [6.45, 7) is 0. The molecule has 2 aromatic carbocycles. The first-order valence-corrected chi connectivity index (χ1v) is 6.06. The van der Waals surface area contributed by atoms with Gasteiger partial charge in [-0.15, -0.1) is 0 Å². The fourth-order valence-corrected chi connectivity index (χ4v) is 2.13. The van der Waals surface area contributed by atoms with E-state index >= 15 is 0 Å². The van der Waals surface area contributed by atoms with E-state index in [2.05, 4.69) is 47.5 Å². The standard InChI is InChI=1S/C16H15N/c1-3-7-13(8-4-1)12-17-16-11-15(16)14-9-5-2-6-10-14/h1-10,12,15-16H,11H2/t15-,16+/m0/s1. The van der Waals surface area contributed by atoms with Gasteiger partial charge in [0.05, 0.1) is 6.04 Å². The minimum absolute atomic E-state index is 0.484. The second-order valence-corrected chi connectivity index (χ2v) is 4.51. The Morgan fingerprint density at radius 3 is 2.24 bits per heavy atom. The fraction of sp³-hybridized carbons (Fsp3) is 0.188. The van der Waals surface area contributed by atoms with Crippen molar-refractivity contribution in [2.24, 2.45) is 4.99 Å². The molecule has 2 aromatic rings. The molecule has 3 rings (SSSR count). The molecule has 0 amide bonds. The summed E-state index contributed by atoms with van der Waals surface area (Å²) in [4.78, 5) is 4.64. The van der Waals surface area contributed by atoms with Crippen molar-refractivity contribution in [3.05, 3.63) is 71.8 Å². The Morgan fingerprint density at radius 1 is 0.882 bits per heavy atom. The van der Waals surface area contributed by atoms with Crippen molar-refractivity contribution in [2.75, 3.05) is 0 Å². The van der Waals surface area contributed by atoms with Crippen molar-refractivity contribution in [1.82, 2.24) is 0 Å². The Labute approximate surface area is 102 Å². The van der Waals surface area contributed by atoms with Gasteiger partial charge in [-0.25, -0.2) is 0 Å². The van der Waals surface area contributed by atoms with Crippen molar-refractivity contribution in [3.8, 4) is 0 Å². The molecular formula is C16H15N. The molecular weight excluding hydrogens is 206 g/mol. The Bertz CT molecular complexity index is 502.